The van der Waals surface area contributed by atoms with Gasteiger partial charge in [0.25, 0.3) is 0 Å². The van der Waals surface area contributed by atoms with Crippen LogP contribution in [0.4, 0.5) is 4.39 Å². The summed E-state index contributed by atoms with van der Waals surface area (Å²) >= 11 is 6.01. The Kier molecular flexibility index (Phi) is 4.69. The monoisotopic (exact) mass is 429 g/mol. The van der Waals surface area contributed by atoms with Crippen LogP contribution < -0.4 is 0 Å². The minimum atomic E-state index is -1.11. The zero-order valence-electron chi connectivity index (χ0n) is 16.7. The smallest absolute Gasteiger partial charge is 0.233 e. The van der Waals surface area contributed by atoms with Crippen LogP contribution in [0.1, 0.15) is 43.2 Å². The molecule has 6 heteroatoms. The molecule has 1 amide bonds. The molecular weight excluding hydrogens is 405 g/mol. The highest BCUT2D eigenvalue weighted by atomic mass is 35.5. The first-order chi connectivity index (χ1) is 14.3. The summed E-state index contributed by atoms with van der Waals surface area (Å²) in [7, 11) is 0. The Balaban J connectivity index is 1.26. The summed E-state index contributed by atoms with van der Waals surface area (Å²) in [5.74, 6) is -0.135. The van der Waals surface area contributed by atoms with Crippen molar-refractivity contribution in [3.8, 4) is 0 Å². The lowest BCUT2D eigenvalue weighted by Gasteiger charge is -2.40. The fraction of sp³-hybridized carbons (Fsp3) is 0.458. The predicted molar refractivity (Wildman–Crippen MR) is 112 cm³/mol. The van der Waals surface area contributed by atoms with Gasteiger partial charge in [-0.3, -0.25) is 4.79 Å². The lowest BCUT2D eigenvalue weighted by Crippen LogP contribution is -2.49. The number of hydrogen-bond donors (Lipinski definition) is 1. The number of halogens is 2. The predicted octanol–water partition coefficient (Wildman–Crippen LogP) is 4.18. The fourth-order valence-electron chi connectivity index (χ4n) is 5.11. The highest BCUT2D eigenvalue weighted by Crippen LogP contribution is 2.51. The summed E-state index contributed by atoms with van der Waals surface area (Å²) < 4.78 is 19.4. The summed E-state index contributed by atoms with van der Waals surface area (Å²) in [4.78, 5) is 15.3. The van der Waals surface area contributed by atoms with Gasteiger partial charge in [0.05, 0.1) is 17.6 Å². The van der Waals surface area contributed by atoms with E-state index in [4.69, 9.17) is 16.3 Å². The minimum absolute atomic E-state index is 0.187. The molecule has 1 N–H and O–H groups in total. The van der Waals surface area contributed by atoms with Gasteiger partial charge in [0.1, 0.15) is 11.4 Å². The third-order valence-corrected chi connectivity index (χ3v) is 7.38. The Labute approximate surface area is 180 Å². The second-order valence-corrected chi connectivity index (χ2v) is 9.50. The second-order valence-electron chi connectivity index (χ2n) is 9.07. The third-order valence-electron chi connectivity index (χ3n) is 7.13. The molecule has 1 spiro atoms. The summed E-state index contributed by atoms with van der Waals surface area (Å²) in [6, 6.07) is 13.6. The molecule has 30 heavy (non-hydrogen) atoms. The van der Waals surface area contributed by atoms with E-state index in [9.17, 15) is 14.3 Å². The molecule has 0 radical (unpaired) electrons. The molecule has 3 fully saturated rings. The van der Waals surface area contributed by atoms with E-state index in [2.05, 4.69) is 0 Å². The number of rotatable bonds is 3. The van der Waals surface area contributed by atoms with Crippen LogP contribution in [0, 0.1) is 5.82 Å². The van der Waals surface area contributed by atoms with Gasteiger partial charge < -0.3 is 14.7 Å². The zero-order valence-corrected chi connectivity index (χ0v) is 17.5. The maximum Gasteiger partial charge on any atom is 0.233 e. The number of likely N-dealkylation sites (tertiary alicyclic amines) is 1. The van der Waals surface area contributed by atoms with Crippen molar-refractivity contribution in [2.45, 2.75) is 48.7 Å². The molecule has 0 unspecified atom stereocenters. The van der Waals surface area contributed by atoms with E-state index in [1.54, 1.807) is 12.1 Å². The maximum absolute atomic E-state index is 13.3. The normalized spacial score (nSPS) is 26.7. The van der Waals surface area contributed by atoms with Gasteiger partial charge in [-0.2, -0.15) is 0 Å². The van der Waals surface area contributed by atoms with Crippen molar-refractivity contribution in [3.05, 3.63) is 70.5 Å². The molecule has 2 aliphatic heterocycles. The zero-order chi connectivity index (χ0) is 21.0. The topological polar surface area (TPSA) is 49.8 Å². The molecule has 2 saturated heterocycles. The largest absolute Gasteiger partial charge is 0.383 e. The summed E-state index contributed by atoms with van der Waals surface area (Å²) in [5.41, 5.74) is -0.225. The van der Waals surface area contributed by atoms with Crippen molar-refractivity contribution in [1.29, 1.82) is 0 Å². The number of nitrogens with zero attached hydrogens (tertiary/aromatic N) is 1. The number of carbonyl (C=O) groups is 1. The van der Waals surface area contributed by atoms with Crippen molar-refractivity contribution >= 4 is 17.5 Å². The van der Waals surface area contributed by atoms with E-state index in [0.717, 1.165) is 18.4 Å². The molecule has 3 aliphatic rings. The van der Waals surface area contributed by atoms with Crippen LogP contribution >= 0.6 is 11.6 Å². The van der Waals surface area contributed by atoms with Crippen molar-refractivity contribution in [2.75, 3.05) is 19.7 Å². The number of hydrogen-bond acceptors (Lipinski definition) is 3. The Morgan fingerprint density at radius 1 is 0.967 bits per heavy atom. The quantitative estimate of drug-likeness (QED) is 0.796. The van der Waals surface area contributed by atoms with Crippen LogP contribution in [0.25, 0.3) is 0 Å². The second kappa shape index (κ2) is 7.04. The van der Waals surface area contributed by atoms with Crippen LogP contribution in [0.3, 0.4) is 0 Å². The van der Waals surface area contributed by atoms with Gasteiger partial charge in [0, 0.05) is 24.5 Å². The third kappa shape index (κ3) is 3.33. The average molecular weight is 430 g/mol. The van der Waals surface area contributed by atoms with E-state index >= 15 is 0 Å². The van der Waals surface area contributed by atoms with Gasteiger partial charge in [0.15, 0.2) is 0 Å². The number of carbonyl (C=O) groups excluding carboxylic acids is 1. The van der Waals surface area contributed by atoms with E-state index in [0.29, 0.717) is 42.9 Å². The number of ether oxygens (including phenoxy) is 1. The molecule has 0 bridgehead atoms. The lowest BCUT2D eigenvalue weighted by atomic mass is 9.80. The van der Waals surface area contributed by atoms with Crippen LogP contribution in [-0.2, 0) is 20.5 Å². The number of benzene rings is 2. The van der Waals surface area contributed by atoms with E-state index in [-0.39, 0.29) is 18.3 Å². The maximum atomic E-state index is 13.3. The molecule has 2 aromatic rings. The van der Waals surface area contributed by atoms with Crippen molar-refractivity contribution in [2.24, 2.45) is 0 Å². The van der Waals surface area contributed by atoms with E-state index in [1.807, 2.05) is 29.2 Å². The summed E-state index contributed by atoms with van der Waals surface area (Å²) in [6.45, 7) is 1.43. The lowest BCUT2D eigenvalue weighted by molar-refractivity contribution is -0.138. The van der Waals surface area contributed by atoms with Crippen molar-refractivity contribution < 1.29 is 19.0 Å². The van der Waals surface area contributed by atoms with Crippen LogP contribution in [-0.4, -0.2) is 41.2 Å². The van der Waals surface area contributed by atoms with Crippen LogP contribution in [0.5, 0.6) is 0 Å². The highest BCUT2D eigenvalue weighted by molar-refractivity contribution is 6.30. The van der Waals surface area contributed by atoms with Gasteiger partial charge in [-0.05, 0) is 61.1 Å². The molecule has 0 aromatic heterocycles. The molecule has 1 saturated carbocycles. The van der Waals surface area contributed by atoms with Crippen LogP contribution in [0.2, 0.25) is 5.02 Å². The summed E-state index contributed by atoms with van der Waals surface area (Å²) in [5, 5.41) is 11.8. The van der Waals surface area contributed by atoms with E-state index in [1.165, 1.54) is 12.1 Å². The first-order valence-corrected chi connectivity index (χ1v) is 10.9. The number of piperidine rings is 1. The van der Waals surface area contributed by atoms with Crippen LogP contribution in [0.15, 0.2) is 48.5 Å². The Hall–Kier alpha value is -1.95. The minimum Gasteiger partial charge on any atom is -0.383 e. The SMILES string of the molecule is O=C(N1CCC2(CC1)C[C@](O)(c1ccc(F)cc1)CO2)C1(c2ccc(Cl)cc2)CC1. The van der Waals surface area contributed by atoms with Gasteiger partial charge in [0.2, 0.25) is 5.91 Å². The van der Waals surface area contributed by atoms with Gasteiger partial charge in [-0.15, -0.1) is 0 Å². The first-order valence-electron chi connectivity index (χ1n) is 10.5. The first kappa shape index (κ1) is 20.0. The Morgan fingerprint density at radius 2 is 1.57 bits per heavy atom. The number of aliphatic hydroxyl groups is 1. The molecule has 158 valence electrons. The van der Waals surface area contributed by atoms with E-state index < -0.39 is 16.6 Å². The molecular formula is C24H25ClFNO3. The number of amides is 1. The fourth-order valence-corrected chi connectivity index (χ4v) is 5.24. The summed E-state index contributed by atoms with van der Waals surface area (Å²) in [6.07, 6.45) is 3.60. The molecule has 2 aromatic carbocycles. The molecule has 4 nitrogen and oxygen atoms in total. The highest BCUT2D eigenvalue weighted by Gasteiger charge is 2.55. The Morgan fingerprint density at radius 3 is 2.17 bits per heavy atom. The molecule has 2 heterocycles. The van der Waals surface area contributed by atoms with Gasteiger partial charge in [-0.25, -0.2) is 4.39 Å². The standard InChI is InChI=1S/C24H25ClFNO3/c25-19-5-1-17(2-6-19)23(9-10-23)21(28)27-13-11-22(12-14-27)15-24(29,16-30-22)18-3-7-20(26)8-4-18/h1-8,29H,9-16H2/t24-/m1/s1. The Bertz CT molecular complexity index is 949. The molecule has 5 rings (SSSR count). The molecule has 1 aliphatic carbocycles. The van der Waals surface area contributed by atoms with Gasteiger partial charge >= 0.3 is 0 Å². The van der Waals surface area contributed by atoms with Crippen molar-refractivity contribution in [1.82, 2.24) is 4.90 Å². The van der Waals surface area contributed by atoms with Gasteiger partial charge in [-0.1, -0.05) is 35.9 Å². The van der Waals surface area contributed by atoms with Crippen molar-refractivity contribution in [3.63, 3.8) is 0 Å². The molecule has 1 atom stereocenters. The average Bonchev–Trinajstić information content (AvgIpc) is 3.49.